The maximum absolute atomic E-state index is 11.5. The Balaban J connectivity index is 2.53. The third kappa shape index (κ3) is 2.62. The number of halogens is 1. The molecule has 6 nitrogen and oxygen atoms in total. The van der Waals surface area contributed by atoms with Crippen molar-refractivity contribution in [1.82, 2.24) is 5.32 Å². The molecule has 0 unspecified atom stereocenters. The van der Waals surface area contributed by atoms with Crippen LogP contribution in [0, 0.1) is 5.92 Å². The number of rotatable bonds is 4. The topological polar surface area (TPSA) is 107 Å². The molecule has 0 saturated carbocycles. The van der Waals surface area contributed by atoms with E-state index in [0.29, 0.717) is 10.6 Å². The van der Waals surface area contributed by atoms with Crippen molar-refractivity contribution < 1.29 is 24.9 Å². The molecular weight excluding hydrogens is 298 g/mol. The SMILES string of the molecule is C[C@@]1(C(=O)O)N[C@H](C(=O)O)[C@@H](c2cccc(Cl)c2)[C@@H]1CO. The lowest BCUT2D eigenvalue weighted by molar-refractivity contribution is -0.146. The minimum Gasteiger partial charge on any atom is -0.480 e. The van der Waals surface area contributed by atoms with Crippen LogP contribution in [-0.4, -0.2) is 45.4 Å². The van der Waals surface area contributed by atoms with Crippen molar-refractivity contribution in [3.8, 4) is 0 Å². The highest BCUT2D eigenvalue weighted by Crippen LogP contribution is 2.42. The Morgan fingerprint density at radius 2 is 2.05 bits per heavy atom. The lowest BCUT2D eigenvalue weighted by Gasteiger charge is -2.28. The van der Waals surface area contributed by atoms with E-state index >= 15 is 0 Å². The molecule has 1 saturated heterocycles. The van der Waals surface area contributed by atoms with E-state index in [2.05, 4.69) is 5.32 Å². The summed E-state index contributed by atoms with van der Waals surface area (Å²) in [6.07, 6.45) is 0. The molecule has 0 amide bonds. The number of hydrogen-bond donors (Lipinski definition) is 4. The molecule has 0 bridgehead atoms. The summed E-state index contributed by atoms with van der Waals surface area (Å²) >= 11 is 5.93. The number of carboxylic acid groups (broad SMARTS) is 2. The summed E-state index contributed by atoms with van der Waals surface area (Å²) in [6.45, 7) is 0.938. The van der Waals surface area contributed by atoms with Gasteiger partial charge in [-0.25, -0.2) is 0 Å². The number of aliphatic hydroxyl groups excluding tert-OH is 1. The van der Waals surface area contributed by atoms with E-state index in [1.807, 2.05) is 0 Å². The molecule has 114 valence electrons. The molecule has 4 N–H and O–H groups in total. The molecule has 2 rings (SSSR count). The zero-order valence-electron chi connectivity index (χ0n) is 11.3. The molecule has 4 atom stereocenters. The lowest BCUT2D eigenvalue weighted by atomic mass is 9.77. The van der Waals surface area contributed by atoms with Crippen LogP contribution in [0.3, 0.4) is 0 Å². The van der Waals surface area contributed by atoms with Crippen LogP contribution >= 0.6 is 11.6 Å². The molecule has 21 heavy (non-hydrogen) atoms. The van der Waals surface area contributed by atoms with Gasteiger partial charge < -0.3 is 15.3 Å². The van der Waals surface area contributed by atoms with E-state index in [1.54, 1.807) is 24.3 Å². The molecule has 1 fully saturated rings. The molecule has 7 heteroatoms. The third-order valence-corrected chi connectivity index (χ3v) is 4.37. The van der Waals surface area contributed by atoms with Crippen LogP contribution in [0.25, 0.3) is 0 Å². The molecule has 1 aliphatic rings. The monoisotopic (exact) mass is 313 g/mol. The molecule has 1 aromatic rings. The molecule has 0 aromatic heterocycles. The molecule has 0 spiro atoms. The second-order valence-corrected chi connectivity index (χ2v) is 5.77. The zero-order chi connectivity index (χ0) is 15.8. The number of carboxylic acids is 2. The van der Waals surface area contributed by atoms with Gasteiger partial charge in [-0.2, -0.15) is 0 Å². The smallest absolute Gasteiger partial charge is 0.324 e. The van der Waals surface area contributed by atoms with Crippen LogP contribution in [0.1, 0.15) is 18.4 Å². The van der Waals surface area contributed by atoms with Crippen LogP contribution < -0.4 is 5.32 Å². The number of hydrogen-bond acceptors (Lipinski definition) is 4. The van der Waals surface area contributed by atoms with Gasteiger partial charge in [-0.3, -0.25) is 14.9 Å². The Hall–Kier alpha value is -1.63. The minimum atomic E-state index is -1.52. The lowest BCUT2D eigenvalue weighted by Crippen LogP contribution is -2.53. The van der Waals surface area contributed by atoms with Gasteiger partial charge in [0.25, 0.3) is 0 Å². The summed E-state index contributed by atoms with van der Waals surface area (Å²) in [6, 6.07) is 5.49. The van der Waals surface area contributed by atoms with Gasteiger partial charge in [-0.05, 0) is 24.6 Å². The van der Waals surface area contributed by atoms with Crippen molar-refractivity contribution in [2.75, 3.05) is 6.61 Å². The van der Waals surface area contributed by atoms with Gasteiger partial charge in [0.05, 0.1) is 0 Å². The number of aliphatic carboxylic acids is 2. The predicted molar refractivity (Wildman–Crippen MR) is 75.4 cm³/mol. The first-order valence-electron chi connectivity index (χ1n) is 6.41. The summed E-state index contributed by atoms with van der Waals surface area (Å²) in [5.74, 6) is -3.83. The van der Waals surface area contributed by atoms with Crippen molar-refractivity contribution in [2.24, 2.45) is 5.92 Å². The highest BCUT2D eigenvalue weighted by atomic mass is 35.5. The summed E-state index contributed by atoms with van der Waals surface area (Å²) in [7, 11) is 0. The Morgan fingerprint density at radius 1 is 1.38 bits per heavy atom. The normalized spacial score (nSPS) is 32.0. The predicted octanol–water partition coefficient (Wildman–Crippen LogP) is 0.932. The van der Waals surface area contributed by atoms with Crippen LogP contribution in [0.5, 0.6) is 0 Å². The van der Waals surface area contributed by atoms with Crippen molar-refractivity contribution in [3.63, 3.8) is 0 Å². The summed E-state index contributed by atoms with van der Waals surface area (Å²) in [5.41, 5.74) is -0.934. The second-order valence-electron chi connectivity index (χ2n) is 5.34. The average molecular weight is 314 g/mol. The van der Waals surface area contributed by atoms with Gasteiger partial charge in [0.1, 0.15) is 11.6 Å². The first-order chi connectivity index (χ1) is 9.81. The van der Waals surface area contributed by atoms with Gasteiger partial charge >= 0.3 is 11.9 Å². The van der Waals surface area contributed by atoms with Gasteiger partial charge in [-0.1, -0.05) is 23.7 Å². The van der Waals surface area contributed by atoms with Gasteiger partial charge in [-0.15, -0.1) is 0 Å². The molecule has 0 aliphatic carbocycles. The third-order valence-electron chi connectivity index (χ3n) is 4.13. The molecule has 1 heterocycles. The maximum atomic E-state index is 11.5. The first kappa shape index (κ1) is 15.8. The Morgan fingerprint density at radius 3 is 2.52 bits per heavy atom. The summed E-state index contributed by atoms with van der Waals surface area (Å²) in [5, 5.41) is 31.5. The van der Waals surface area contributed by atoms with E-state index in [1.165, 1.54) is 6.92 Å². The highest BCUT2D eigenvalue weighted by molar-refractivity contribution is 6.30. The quantitative estimate of drug-likeness (QED) is 0.659. The van der Waals surface area contributed by atoms with Crippen LogP contribution in [0.15, 0.2) is 24.3 Å². The van der Waals surface area contributed by atoms with Gasteiger partial charge in [0.15, 0.2) is 0 Å². The zero-order valence-corrected chi connectivity index (χ0v) is 12.0. The summed E-state index contributed by atoms with van der Waals surface area (Å²) in [4.78, 5) is 23.0. The molecule has 0 radical (unpaired) electrons. The summed E-state index contributed by atoms with van der Waals surface area (Å²) < 4.78 is 0. The fourth-order valence-corrected chi connectivity index (χ4v) is 3.18. The molecule has 1 aliphatic heterocycles. The molecular formula is C14H16ClNO5. The van der Waals surface area contributed by atoms with E-state index in [-0.39, 0.29) is 0 Å². The van der Waals surface area contributed by atoms with E-state index in [4.69, 9.17) is 11.6 Å². The number of benzene rings is 1. The van der Waals surface area contributed by atoms with E-state index < -0.39 is 42.0 Å². The maximum Gasteiger partial charge on any atom is 0.324 e. The number of carbonyl (C=O) groups is 2. The van der Waals surface area contributed by atoms with E-state index in [0.717, 1.165) is 0 Å². The average Bonchev–Trinajstić information content (AvgIpc) is 2.73. The van der Waals surface area contributed by atoms with Crippen molar-refractivity contribution in [1.29, 1.82) is 0 Å². The van der Waals surface area contributed by atoms with Crippen LogP contribution in [-0.2, 0) is 9.59 Å². The first-order valence-corrected chi connectivity index (χ1v) is 6.79. The number of nitrogens with one attached hydrogen (secondary N) is 1. The Labute approximate surface area is 126 Å². The van der Waals surface area contributed by atoms with Crippen molar-refractivity contribution in [3.05, 3.63) is 34.9 Å². The van der Waals surface area contributed by atoms with Crippen LogP contribution in [0.4, 0.5) is 0 Å². The second kappa shape index (κ2) is 5.63. The van der Waals surface area contributed by atoms with E-state index in [9.17, 15) is 24.9 Å². The standard InChI is InChI=1S/C14H16ClNO5/c1-14(13(20)21)9(6-17)10(11(16-14)12(18)19)7-3-2-4-8(15)5-7/h2-5,9-11,16-17H,6H2,1H3,(H,18,19)(H,20,21)/t9-,10-,11-,14+/m0/s1. The highest BCUT2D eigenvalue weighted by Gasteiger charge is 2.57. The Bertz CT molecular complexity index is 578. The van der Waals surface area contributed by atoms with Gasteiger partial charge in [0.2, 0.25) is 0 Å². The van der Waals surface area contributed by atoms with Crippen LogP contribution in [0.2, 0.25) is 5.02 Å². The number of aliphatic hydroxyl groups is 1. The molecule has 1 aromatic carbocycles. The fourth-order valence-electron chi connectivity index (χ4n) is 2.98. The largest absolute Gasteiger partial charge is 0.480 e. The fraction of sp³-hybridized carbons (Fsp3) is 0.429. The Kier molecular flexibility index (Phi) is 4.22. The van der Waals surface area contributed by atoms with Crippen molar-refractivity contribution in [2.45, 2.75) is 24.4 Å². The van der Waals surface area contributed by atoms with Crippen molar-refractivity contribution >= 4 is 23.5 Å². The minimum absolute atomic E-state index is 0.428. The van der Waals surface area contributed by atoms with Gasteiger partial charge in [0, 0.05) is 23.5 Å².